The maximum atomic E-state index is 14.3. The normalized spacial score (nSPS) is 26.2. The molecular formula is C27H32F2N4O. The summed E-state index contributed by atoms with van der Waals surface area (Å²) in [6, 6.07) is 13.1. The summed E-state index contributed by atoms with van der Waals surface area (Å²) in [6.45, 7) is 3.31. The molecule has 0 bridgehead atoms. The number of carbonyl (C=O) groups is 1. The predicted molar refractivity (Wildman–Crippen MR) is 130 cm³/mol. The molecule has 1 N–H and O–H groups in total. The minimum absolute atomic E-state index is 0.0775. The van der Waals surface area contributed by atoms with Gasteiger partial charge in [0.15, 0.2) is 0 Å². The van der Waals surface area contributed by atoms with Gasteiger partial charge in [-0.15, -0.1) is 0 Å². The van der Waals surface area contributed by atoms with E-state index >= 15 is 0 Å². The van der Waals surface area contributed by atoms with E-state index in [9.17, 15) is 13.6 Å². The van der Waals surface area contributed by atoms with Crippen LogP contribution in [0.25, 0.3) is 0 Å². The van der Waals surface area contributed by atoms with Crippen LogP contribution in [0.2, 0.25) is 0 Å². The van der Waals surface area contributed by atoms with Crippen molar-refractivity contribution in [1.82, 2.24) is 10.2 Å². The van der Waals surface area contributed by atoms with Gasteiger partial charge in [0.05, 0.1) is 0 Å². The molecular weight excluding hydrogens is 434 g/mol. The van der Waals surface area contributed by atoms with Crippen LogP contribution in [0.4, 0.5) is 19.3 Å². The van der Waals surface area contributed by atoms with Crippen molar-refractivity contribution in [1.29, 1.82) is 0 Å². The molecule has 1 saturated heterocycles. The number of piperidine rings is 1. The van der Waals surface area contributed by atoms with Crippen LogP contribution in [-0.4, -0.2) is 40.9 Å². The maximum Gasteiger partial charge on any atom is 0.350 e. The first-order valence-corrected chi connectivity index (χ1v) is 12.4. The van der Waals surface area contributed by atoms with Crippen molar-refractivity contribution in [3.8, 4) is 0 Å². The van der Waals surface area contributed by atoms with Crippen LogP contribution in [0.1, 0.15) is 57.4 Å². The number of urea groups is 1. The van der Waals surface area contributed by atoms with Crippen LogP contribution >= 0.6 is 0 Å². The van der Waals surface area contributed by atoms with Gasteiger partial charge >= 0.3 is 6.03 Å². The molecule has 34 heavy (non-hydrogen) atoms. The average Bonchev–Trinajstić information content (AvgIpc) is 3.07. The smallest absolute Gasteiger partial charge is 0.350 e. The van der Waals surface area contributed by atoms with Gasteiger partial charge in [-0.2, -0.15) is 4.99 Å². The Morgan fingerprint density at radius 2 is 1.88 bits per heavy atom. The fraction of sp³-hybridized carbons (Fsp3) is 0.481. The molecule has 2 heterocycles. The first-order valence-electron chi connectivity index (χ1n) is 12.4. The Labute approximate surface area is 199 Å². The molecule has 2 aromatic rings. The molecule has 2 atom stereocenters. The molecule has 5 nitrogen and oxygen atoms in total. The number of hydrogen-bond donors (Lipinski definition) is 1. The highest BCUT2D eigenvalue weighted by atomic mass is 19.1. The highest BCUT2D eigenvalue weighted by molar-refractivity contribution is 6.16. The number of hydrogen-bond acceptors (Lipinski definition) is 3. The zero-order chi connectivity index (χ0) is 23.7. The van der Waals surface area contributed by atoms with E-state index < -0.39 is 5.54 Å². The van der Waals surface area contributed by atoms with E-state index in [2.05, 4.69) is 22.1 Å². The number of likely N-dealkylation sites (tertiary alicyclic amines) is 1. The third-order valence-corrected chi connectivity index (χ3v) is 7.68. The van der Waals surface area contributed by atoms with Gasteiger partial charge in [-0.3, -0.25) is 9.80 Å². The predicted octanol–water partition coefficient (Wildman–Crippen LogP) is 5.65. The lowest BCUT2D eigenvalue weighted by Gasteiger charge is -2.48. The van der Waals surface area contributed by atoms with Crippen molar-refractivity contribution in [3.63, 3.8) is 0 Å². The molecule has 3 aliphatic rings. The summed E-state index contributed by atoms with van der Waals surface area (Å²) in [6.07, 6.45) is 7.01. The van der Waals surface area contributed by atoms with Gasteiger partial charge in [-0.05, 0) is 56.9 Å². The van der Waals surface area contributed by atoms with Crippen molar-refractivity contribution in [2.45, 2.75) is 76.0 Å². The van der Waals surface area contributed by atoms with Gasteiger partial charge in [0, 0.05) is 36.4 Å². The minimum Gasteiger partial charge on any atom is -0.369 e. The molecule has 1 spiro atoms. The Morgan fingerprint density at radius 3 is 2.62 bits per heavy atom. The fourth-order valence-electron chi connectivity index (χ4n) is 5.89. The number of amides is 2. The first-order chi connectivity index (χ1) is 16.5. The van der Waals surface area contributed by atoms with Crippen molar-refractivity contribution in [2.24, 2.45) is 4.99 Å². The summed E-state index contributed by atoms with van der Waals surface area (Å²) in [5.41, 5.74) is 0.543. The quantitative estimate of drug-likeness (QED) is 0.634. The molecule has 1 saturated carbocycles. The Bertz CT molecular complexity index is 1080. The fourth-order valence-corrected chi connectivity index (χ4v) is 5.89. The number of rotatable bonds is 4. The average molecular weight is 467 g/mol. The zero-order valence-corrected chi connectivity index (χ0v) is 19.6. The summed E-state index contributed by atoms with van der Waals surface area (Å²) >= 11 is 0. The zero-order valence-electron chi connectivity index (χ0n) is 19.6. The third kappa shape index (κ3) is 4.33. The number of amidine groups is 1. The monoisotopic (exact) mass is 466 g/mol. The van der Waals surface area contributed by atoms with Gasteiger partial charge in [0.2, 0.25) is 0 Å². The number of anilines is 1. The molecule has 2 amide bonds. The molecule has 1 aliphatic carbocycles. The van der Waals surface area contributed by atoms with E-state index in [-0.39, 0.29) is 23.7 Å². The lowest BCUT2D eigenvalue weighted by Crippen LogP contribution is -2.63. The lowest BCUT2D eigenvalue weighted by atomic mass is 9.80. The van der Waals surface area contributed by atoms with E-state index in [1.54, 1.807) is 23.1 Å². The molecule has 0 unspecified atom stereocenters. The Morgan fingerprint density at radius 1 is 1.09 bits per heavy atom. The van der Waals surface area contributed by atoms with Crippen LogP contribution in [-0.2, 0) is 6.54 Å². The lowest BCUT2D eigenvalue weighted by molar-refractivity contribution is 0.120. The Balaban J connectivity index is 1.44. The van der Waals surface area contributed by atoms with Crippen LogP contribution in [0, 0.1) is 11.6 Å². The van der Waals surface area contributed by atoms with Gasteiger partial charge in [-0.1, -0.05) is 43.5 Å². The molecule has 0 aromatic heterocycles. The van der Waals surface area contributed by atoms with Crippen LogP contribution in [0.15, 0.2) is 53.5 Å². The summed E-state index contributed by atoms with van der Waals surface area (Å²) in [5, 5.41) is 3.63. The van der Waals surface area contributed by atoms with E-state index in [1.807, 2.05) is 12.1 Å². The summed E-state index contributed by atoms with van der Waals surface area (Å²) in [4.78, 5) is 21.7. The number of carbonyl (C=O) groups excluding carboxylic acids is 1. The maximum absolute atomic E-state index is 14.3. The minimum atomic E-state index is -0.659. The van der Waals surface area contributed by atoms with E-state index in [0.29, 0.717) is 49.1 Å². The SMILES string of the molecule is C[C@H]1C[C@]2(CCN1Cc1ccccc1F)C(NC1CCCCC1)=NC(=O)N2c1cccc(F)c1. The number of nitrogens with one attached hydrogen (secondary N) is 1. The van der Waals surface area contributed by atoms with Crippen LogP contribution in [0.5, 0.6) is 0 Å². The molecule has 5 rings (SSSR count). The van der Waals surface area contributed by atoms with E-state index in [4.69, 9.17) is 0 Å². The van der Waals surface area contributed by atoms with Crippen molar-refractivity contribution < 1.29 is 13.6 Å². The standard InChI is InChI=1S/C27H32F2N4O/c1-19-17-27(14-15-32(19)18-20-8-5-6-13-24(20)29)25(30-22-10-3-2-4-11-22)31-26(34)33(27)23-12-7-9-21(28)16-23/h5-9,12-13,16,19,22H,2-4,10-11,14-15,17-18H2,1H3,(H,30,31,34)/t19-,27+/m0/s1. The molecule has 0 radical (unpaired) electrons. The second-order valence-corrected chi connectivity index (χ2v) is 9.93. The molecule has 2 fully saturated rings. The van der Waals surface area contributed by atoms with E-state index in [0.717, 1.165) is 12.8 Å². The second-order valence-electron chi connectivity index (χ2n) is 9.93. The summed E-state index contributed by atoms with van der Waals surface area (Å²) in [7, 11) is 0. The molecule has 2 aromatic carbocycles. The Kier molecular flexibility index (Phi) is 6.38. The number of benzene rings is 2. The largest absolute Gasteiger partial charge is 0.369 e. The molecule has 180 valence electrons. The van der Waals surface area contributed by atoms with E-state index in [1.165, 1.54) is 37.5 Å². The van der Waals surface area contributed by atoms with Gasteiger partial charge in [0.1, 0.15) is 23.0 Å². The van der Waals surface area contributed by atoms with Crippen molar-refractivity contribution in [2.75, 3.05) is 11.4 Å². The van der Waals surface area contributed by atoms with Gasteiger partial charge < -0.3 is 5.32 Å². The number of nitrogens with zero attached hydrogens (tertiary/aromatic N) is 3. The van der Waals surface area contributed by atoms with Crippen LogP contribution < -0.4 is 10.2 Å². The second kappa shape index (κ2) is 9.45. The molecule has 7 heteroatoms. The third-order valence-electron chi connectivity index (χ3n) is 7.68. The molecule has 2 aliphatic heterocycles. The highest BCUT2D eigenvalue weighted by Crippen LogP contribution is 2.41. The summed E-state index contributed by atoms with van der Waals surface area (Å²) in [5.74, 6) is 0.138. The van der Waals surface area contributed by atoms with Crippen LogP contribution in [0.3, 0.4) is 0 Å². The van der Waals surface area contributed by atoms with Gasteiger partial charge in [-0.25, -0.2) is 13.6 Å². The first kappa shape index (κ1) is 23.0. The number of halogens is 2. The Hall–Kier alpha value is -2.80. The number of aliphatic imine (C=N–C) groups is 1. The summed E-state index contributed by atoms with van der Waals surface area (Å²) < 4.78 is 28.5. The van der Waals surface area contributed by atoms with Gasteiger partial charge in [0.25, 0.3) is 0 Å². The highest BCUT2D eigenvalue weighted by Gasteiger charge is 2.53. The van der Waals surface area contributed by atoms with Crippen molar-refractivity contribution >= 4 is 17.6 Å². The van der Waals surface area contributed by atoms with Crippen molar-refractivity contribution in [3.05, 3.63) is 65.7 Å². The topological polar surface area (TPSA) is 47.9 Å².